The lowest BCUT2D eigenvalue weighted by atomic mass is 9.97. The molecule has 1 heterocycles. The van der Waals surface area contributed by atoms with Gasteiger partial charge in [0.05, 0.1) is 0 Å². The molecule has 1 saturated heterocycles. The Morgan fingerprint density at radius 2 is 1.55 bits per heavy atom. The number of esters is 3. The van der Waals surface area contributed by atoms with Gasteiger partial charge >= 0.3 is 24.0 Å². The van der Waals surface area contributed by atoms with Gasteiger partial charge in [0.25, 0.3) is 0 Å². The van der Waals surface area contributed by atoms with E-state index in [9.17, 15) is 19.2 Å². The van der Waals surface area contributed by atoms with E-state index in [1.54, 1.807) is 0 Å². The molecule has 1 amide bonds. The van der Waals surface area contributed by atoms with E-state index < -0.39 is 64.2 Å². The molecule has 10 nitrogen and oxygen atoms in total. The Balaban J connectivity index is 3.20. The third-order valence-corrected chi connectivity index (χ3v) is 5.08. The summed E-state index contributed by atoms with van der Waals surface area (Å²) in [6.45, 7) is 4.54. The fourth-order valence-corrected chi connectivity index (χ4v) is 3.83. The van der Waals surface area contributed by atoms with Gasteiger partial charge in [0.15, 0.2) is 12.2 Å². The predicted molar refractivity (Wildman–Crippen MR) is 113 cm³/mol. The minimum atomic E-state index is -1.83. The highest BCUT2D eigenvalue weighted by atomic mass is 35.6. The average Bonchev–Trinajstić information content (AvgIpc) is 2.62. The van der Waals surface area contributed by atoms with Crippen LogP contribution in [0.2, 0.25) is 0 Å². The SMILES string of the molecule is CCSC1O[C@H](COC(C)=O)[C@@H](OC(C)=O)[C@H](OC(C)=O)[C@H]1NC(=O)OCC(Cl)(Cl)Cl. The zero-order valence-electron chi connectivity index (χ0n) is 17.2. The van der Waals surface area contributed by atoms with Crippen LogP contribution in [-0.4, -0.2) is 76.6 Å². The van der Waals surface area contributed by atoms with Crippen molar-refractivity contribution in [3.63, 3.8) is 0 Å². The molecule has 31 heavy (non-hydrogen) atoms. The van der Waals surface area contributed by atoms with E-state index in [1.165, 1.54) is 18.7 Å². The Morgan fingerprint density at radius 1 is 0.968 bits per heavy atom. The number of ether oxygens (including phenoxy) is 5. The van der Waals surface area contributed by atoms with Gasteiger partial charge in [-0.1, -0.05) is 41.7 Å². The third kappa shape index (κ3) is 10.3. The Kier molecular flexibility index (Phi) is 11.5. The Labute approximate surface area is 198 Å². The second kappa shape index (κ2) is 12.8. The molecule has 0 aromatic carbocycles. The van der Waals surface area contributed by atoms with Crippen molar-refractivity contribution >= 4 is 70.6 Å². The lowest BCUT2D eigenvalue weighted by Gasteiger charge is -2.44. The molecule has 1 fully saturated rings. The summed E-state index contributed by atoms with van der Waals surface area (Å²) in [4.78, 5) is 47.0. The second-order valence-electron chi connectivity index (χ2n) is 6.31. The molecule has 0 aromatic rings. The molecule has 1 rings (SSSR count). The fraction of sp³-hybridized carbons (Fsp3) is 0.765. The standard InChI is InChI=1S/C17H24Cl3NO9S/c1-5-31-15-12(21-16(25)27-7-17(18,19)20)14(29-10(4)24)13(28-9(3)23)11(30-15)6-26-8(2)22/h11-15H,5-7H2,1-4H3,(H,21,25)/t11-,12-,13-,14-,15?/m1/s1. The van der Waals surface area contributed by atoms with Crippen LogP contribution < -0.4 is 5.32 Å². The number of rotatable bonds is 8. The largest absolute Gasteiger partial charge is 0.463 e. The van der Waals surface area contributed by atoms with Crippen molar-refractivity contribution in [2.24, 2.45) is 0 Å². The van der Waals surface area contributed by atoms with E-state index >= 15 is 0 Å². The zero-order valence-corrected chi connectivity index (χ0v) is 20.3. The van der Waals surface area contributed by atoms with Crippen LogP contribution in [0.3, 0.4) is 0 Å². The second-order valence-corrected chi connectivity index (χ2v) is 10.2. The van der Waals surface area contributed by atoms with Crippen molar-refractivity contribution in [1.82, 2.24) is 5.32 Å². The third-order valence-electron chi connectivity index (χ3n) is 3.68. The van der Waals surface area contributed by atoms with Crippen LogP contribution in [0.5, 0.6) is 0 Å². The van der Waals surface area contributed by atoms with Crippen molar-refractivity contribution in [1.29, 1.82) is 0 Å². The van der Waals surface area contributed by atoms with Crippen LogP contribution >= 0.6 is 46.6 Å². The molecule has 5 atom stereocenters. The number of hydrogen-bond donors (Lipinski definition) is 1. The molecule has 1 unspecified atom stereocenters. The molecule has 178 valence electrons. The molecule has 1 aliphatic heterocycles. The first-order valence-corrected chi connectivity index (χ1v) is 11.3. The fourth-order valence-electron chi connectivity index (χ4n) is 2.69. The van der Waals surface area contributed by atoms with Gasteiger partial charge in [-0.2, -0.15) is 0 Å². The summed E-state index contributed by atoms with van der Waals surface area (Å²) < 4.78 is 24.7. The van der Waals surface area contributed by atoms with Crippen molar-refractivity contribution in [2.45, 2.75) is 61.3 Å². The smallest absolute Gasteiger partial charge is 0.407 e. The van der Waals surface area contributed by atoms with Crippen molar-refractivity contribution < 1.29 is 42.9 Å². The highest BCUT2D eigenvalue weighted by Gasteiger charge is 2.51. The number of hydrogen-bond acceptors (Lipinski definition) is 10. The number of carbonyl (C=O) groups is 4. The zero-order chi connectivity index (χ0) is 23.8. The lowest BCUT2D eigenvalue weighted by Crippen LogP contribution is -2.65. The van der Waals surface area contributed by atoms with Crippen molar-refractivity contribution in [2.75, 3.05) is 19.0 Å². The van der Waals surface area contributed by atoms with Gasteiger partial charge in [-0.25, -0.2) is 4.79 Å². The number of amides is 1. The molecule has 0 saturated carbocycles. The molecule has 0 aliphatic carbocycles. The topological polar surface area (TPSA) is 126 Å². The van der Waals surface area contributed by atoms with E-state index in [4.69, 9.17) is 58.5 Å². The minimum Gasteiger partial charge on any atom is -0.463 e. The van der Waals surface area contributed by atoms with Gasteiger partial charge < -0.3 is 29.0 Å². The number of alkyl halides is 3. The van der Waals surface area contributed by atoms with Gasteiger partial charge in [0.1, 0.15) is 30.8 Å². The molecule has 0 spiro atoms. The van der Waals surface area contributed by atoms with Crippen LogP contribution in [0.25, 0.3) is 0 Å². The van der Waals surface area contributed by atoms with Crippen LogP contribution in [0.4, 0.5) is 4.79 Å². The van der Waals surface area contributed by atoms with Gasteiger partial charge in [0.2, 0.25) is 3.79 Å². The first-order chi connectivity index (χ1) is 14.3. The quantitative estimate of drug-likeness (QED) is 0.287. The molecular weight excluding hydrogens is 501 g/mol. The number of carbonyl (C=O) groups excluding carboxylic acids is 4. The average molecular weight is 525 g/mol. The number of halogens is 3. The molecule has 1 aliphatic rings. The monoisotopic (exact) mass is 523 g/mol. The van der Waals surface area contributed by atoms with Gasteiger partial charge in [-0.3, -0.25) is 14.4 Å². The van der Waals surface area contributed by atoms with Crippen LogP contribution in [0, 0.1) is 0 Å². The van der Waals surface area contributed by atoms with Crippen molar-refractivity contribution in [3.05, 3.63) is 0 Å². The molecule has 0 aromatic heterocycles. The summed E-state index contributed by atoms with van der Waals surface area (Å²) in [5.41, 5.74) is -0.776. The highest BCUT2D eigenvalue weighted by Crippen LogP contribution is 2.32. The maximum absolute atomic E-state index is 12.3. The molecule has 0 bridgehead atoms. The maximum atomic E-state index is 12.3. The van der Waals surface area contributed by atoms with E-state index in [1.807, 2.05) is 6.92 Å². The lowest BCUT2D eigenvalue weighted by molar-refractivity contribution is -0.211. The maximum Gasteiger partial charge on any atom is 0.407 e. The van der Waals surface area contributed by atoms with Gasteiger partial charge in [-0.05, 0) is 5.75 Å². The first-order valence-electron chi connectivity index (χ1n) is 9.09. The highest BCUT2D eigenvalue weighted by molar-refractivity contribution is 7.99. The summed E-state index contributed by atoms with van der Waals surface area (Å²) in [6, 6.07) is -1.00. The molecule has 0 radical (unpaired) electrons. The van der Waals surface area contributed by atoms with Gasteiger partial charge in [0, 0.05) is 20.8 Å². The Morgan fingerprint density at radius 3 is 2.03 bits per heavy atom. The van der Waals surface area contributed by atoms with E-state index in [0.717, 1.165) is 13.8 Å². The summed E-state index contributed by atoms with van der Waals surface area (Å²) >= 11 is 18.0. The predicted octanol–water partition coefficient (Wildman–Crippen LogP) is 2.36. The van der Waals surface area contributed by atoms with Crippen LogP contribution in [-0.2, 0) is 38.1 Å². The summed E-state index contributed by atoms with van der Waals surface area (Å²) in [7, 11) is 0. The molecule has 1 N–H and O–H groups in total. The molecular formula is C17H24Cl3NO9S. The number of nitrogens with one attached hydrogen (secondary N) is 1. The molecule has 14 heteroatoms. The van der Waals surface area contributed by atoms with E-state index in [-0.39, 0.29) is 6.61 Å². The summed E-state index contributed by atoms with van der Waals surface area (Å²) in [6.07, 6.45) is -4.30. The summed E-state index contributed by atoms with van der Waals surface area (Å²) in [5, 5.41) is 2.51. The number of alkyl carbamates (subject to hydrolysis) is 1. The normalized spacial score (nSPS) is 25.8. The minimum absolute atomic E-state index is 0.268. The van der Waals surface area contributed by atoms with Crippen molar-refractivity contribution in [3.8, 4) is 0 Å². The number of thioether (sulfide) groups is 1. The first kappa shape index (κ1) is 27.9. The Bertz CT molecular complexity index is 661. The van der Waals surface area contributed by atoms with Gasteiger partial charge in [-0.15, -0.1) is 11.8 Å². The van der Waals surface area contributed by atoms with E-state index in [2.05, 4.69) is 5.32 Å². The summed E-state index contributed by atoms with van der Waals surface area (Å²) in [5.74, 6) is -1.42. The van der Waals surface area contributed by atoms with Crippen LogP contribution in [0.15, 0.2) is 0 Å². The van der Waals surface area contributed by atoms with Crippen LogP contribution in [0.1, 0.15) is 27.7 Å². The van der Waals surface area contributed by atoms with E-state index in [0.29, 0.717) is 5.75 Å². The Hall–Kier alpha value is -1.14.